The molecule has 0 aromatic carbocycles. The maximum Gasteiger partial charge on any atom is 0.276 e. The summed E-state index contributed by atoms with van der Waals surface area (Å²) in [6.07, 6.45) is 4.68. The topological polar surface area (TPSA) is 27.8 Å². The minimum Gasteiger partial charge on any atom is -0.367 e. The van der Waals surface area contributed by atoms with E-state index in [1.807, 2.05) is 0 Å². The standard InChI is InChI=1S/C10H14F2N2/c11-10(12,8-3-5-13-7-8)6-9-2-1-4-14-9/h3,5,7,9,13-14H,1-2,4,6H2. The van der Waals surface area contributed by atoms with Crippen LogP contribution in [0.5, 0.6) is 0 Å². The van der Waals surface area contributed by atoms with Gasteiger partial charge in [-0.3, -0.25) is 0 Å². The Hall–Kier alpha value is -0.900. The maximum absolute atomic E-state index is 13.6. The van der Waals surface area contributed by atoms with Gasteiger partial charge >= 0.3 is 0 Å². The van der Waals surface area contributed by atoms with Crippen LogP contribution < -0.4 is 5.32 Å². The zero-order valence-electron chi connectivity index (χ0n) is 7.89. The van der Waals surface area contributed by atoms with Gasteiger partial charge in [0.05, 0.1) is 0 Å². The van der Waals surface area contributed by atoms with Gasteiger partial charge in [-0.2, -0.15) is 0 Å². The summed E-state index contributed by atoms with van der Waals surface area (Å²) in [4.78, 5) is 2.66. The highest BCUT2D eigenvalue weighted by molar-refractivity contribution is 5.15. The molecule has 0 bridgehead atoms. The summed E-state index contributed by atoms with van der Waals surface area (Å²) in [5, 5.41) is 3.08. The van der Waals surface area contributed by atoms with Crippen molar-refractivity contribution >= 4 is 0 Å². The Kier molecular flexibility index (Phi) is 2.54. The molecule has 2 N–H and O–H groups in total. The van der Waals surface area contributed by atoms with E-state index in [9.17, 15) is 8.78 Å². The highest BCUT2D eigenvalue weighted by Gasteiger charge is 2.35. The zero-order valence-corrected chi connectivity index (χ0v) is 7.89. The van der Waals surface area contributed by atoms with Crippen molar-refractivity contribution in [2.45, 2.75) is 31.2 Å². The largest absolute Gasteiger partial charge is 0.367 e. The van der Waals surface area contributed by atoms with Crippen LogP contribution in [0.4, 0.5) is 8.78 Å². The number of hydrogen-bond donors (Lipinski definition) is 2. The Morgan fingerprint density at radius 1 is 1.50 bits per heavy atom. The van der Waals surface area contributed by atoms with E-state index in [2.05, 4.69) is 10.3 Å². The third-order valence-corrected chi connectivity index (χ3v) is 2.69. The molecule has 1 aliphatic rings. The zero-order chi connectivity index (χ0) is 10.0. The monoisotopic (exact) mass is 200 g/mol. The summed E-state index contributed by atoms with van der Waals surface area (Å²) in [5.74, 6) is -2.71. The van der Waals surface area contributed by atoms with Gasteiger partial charge < -0.3 is 10.3 Å². The lowest BCUT2D eigenvalue weighted by Gasteiger charge is -2.19. The van der Waals surface area contributed by atoms with E-state index in [0.29, 0.717) is 0 Å². The van der Waals surface area contributed by atoms with Crippen molar-refractivity contribution in [3.63, 3.8) is 0 Å². The quantitative estimate of drug-likeness (QED) is 0.769. The molecule has 4 heteroatoms. The second-order valence-electron chi connectivity index (χ2n) is 3.80. The molecule has 78 valence electrons. The van der Waals surface area contributed by atoms with Gasteiger partial charge in [-0.05, 0) is 25.5 Å². The van der Waals surface area contributed by atoms with Crippen LogP contribution in [-0.4, -0.2) is 17.6 Å². The molecule has 1 unspecified atom stereocenters. The summed E-state index contributed by atoms with van der Waals surface area (Å²) in [5.41, 5.74) is 0.0891. The minimum atomic E-state index is -2.71. The summed E-state index contributed by atoms with van der Waals surface area (Å²) in [6.45, 7) is 0.869. The fourth-order valence-electron chi connectivity index (χ4n) is 1.91. The average molecular weight is 200 g/mol. The van der Waals surface area contributed by atoms with Crippen molar-refractivity contribution < 1.29 is 8.78 Å². The number of alkyl halides is 2. The van der Waals surface area contributed by atoms with Crippen LogP contribution in [0.15, 0.2) is 18.5 Å². The second-order valence-corrected chi connectivity index (χ2v) is 3.80. The van der Waals surface area contributed by atoms with E-state index >= 15 is 0 Å². The SMILES string of the molecule is FC(F)(CC1CCCN1)c1cc[nH]c1. The third-order valence-electron chi connectivity index (χ3n) is 2.69. The fourth-order valence-corrected chi connectivity index (χ4v) is 1.91. The lowest BCUT2D eigenvalue weighted by Crippen LogP contribution is -2.28. The first-order valence-electron chi connectivity index (χ1n) is 4.93. The molecule has 1 aliphatic heterocycles. The molecule has 0 saturated carbocycles. The molecule has 2 rings (SSSR count). The summed E-state index contributed by atoms with van der Waals surface area (Å²) in [7, 11) is 0. The van der Waals surface area contributed by atoms with E-state index in [1.165, 1.54) is 18.5 Å². The van der Waals surface area contributed by atoms with Crippen molar-refractivity contribution in [3.05, 3.63) is 24.0 Å². The van der Waals surface area contributed by atoms with Crippen LogP contribution in [0.2, 0.25) is 0 Å². The van der Waals surface area contributed by atoms with Crippen LogP contribution in [0.3, 0.4) is 0 Å². The highest BCUT2D eigenvalue weighted by atomic mass is 19.3. The lowest BCUT2D eigenvalue weighted by molar-refractivity contribution is -0.0211. The molecule has 1 saturated heterocycles. The Morgan fingerprint density at radius 2 is 2.36 bits per heavy atom. The molecule has 1 atom stereocenters. The van der Waals surface area contributed by atoms with Gasteiger partial charge in [-0.25, -0.2) is 8.78 Å². The summed E-state index contributed by atoms with van der Waals surface area (Å²) >= 11 is 0. The van der Waals surface area contributed by atoms with Crippen LogP contribution in [0.1, 0.15) is 24.8 Å². The summed E-state index contributed by atoms with van der Waals surface area (Å²) < 4.78 is 27.2. The number of H-pyrrole nitrogens is 1. The molecule has 1 fully saturated rings. The Morgan fingerprint density at radius 3 is 2.93 bits per heavy atom. The van der Waals surface area contributed by atoms with Gasteiger partial charge in [0.25, 0.3) is 5.92 Å². The van der Waals surface area contributed by atoms with Crippen molar-refractivity contribution in [3.8, 4) is 0 Å². The first kappa shape index (κ1) is 9.65. The van der Waals surface area contributed by atoms with E-state index in [-0.39, 0.29) is 18.0 Å². The van der Waals surface area contributed by atoms with Crippen LogP contribution >= 0.6 is 0 Å². The van der Waals surface area contributed by atoms with Crippen molar-refractivity contribution in [1.82, 2.24) is 10.3 Å². The third kappa shape index (κ3) is 1.95. The predicted octanol–water partition coefficient (Wildman–Crippen LogP) is 2.25. The number of nitrogens with one attached hydrogen (secondary N) is 2. The molecule has 0 radical (unpaired) electrons. The first-order valence-corrected chi connectivity index (χ1v) is 4.93. The highest BCUT2D eigenvalue weighted by Crippen LogP contribution is 2.34. The summed E-state index contributed by atoms with van der Waals surface area (Å²) in [6, 6.07) is 1.41. The van der Waals surface area contributed by atoms with Crippen molar-refractivity contribution in [2.24, 2.45) is 0 Å². The lowest BCUT2D eigenvalue weighted by atomic mass is 10.0. The molecular weight excluding hydrogens is 186 g/mol. The number of rotatable bonds is 3. The Balaban J connectivity index is 2.01. The normalized spacial score (nSPS) is 22.9. The molecule has 14 heavy (non-hydrogen) atoms. The smallest absolute Gasteiger partial charge is 0.276 e. The van der Waals surface area contributed by atoms with Gasteiger partial charge in [0.2, 0.25) is 0 Å². The molecule has 1 aromatic rings. The van der Waals surface area contributed by atoms with Crippen molar-refractivity contribution in [2.75, 3.05) is 6.54 Å². The van der Waals surface area contributed by atoms with Gasteiger partial charge in [0.15, 0.2) is 0 Å². The number of aromatic nitrogens is 1. The van der Waals surface area contributed by atoms with Gasteiger partial charge in [-0.15, -0.1) is 0 Å². The van der Waals surface area contributed by atoms with Crippen molar-refractivity contribution in [1.29, 1.82) is 0 Å². The van der Waals surface area contributed by atoms with E-state index in [4.69, 9.17) is 0 Å². The van der Waals surface area contributed by atoms with Gasteiger partial charge in [-0.1, -0.05) is 0 Å². The van der Waals surface area contributed by atoms with Gasteiger partial charge in [0.1, 0.15) is 0 Å². The number of hydrogen-bond acceptors (Lipinski definition) is 1. The molecule has 0 amide bonds. The fraction of sp³-hybridized carbons (Fsp3) is 0.600. The molecule has 1 aromatic heterocycles. The molecule has 0 spiro atoms. The minimum absolute atomic E-state index is 0.0279. The second kappa shape index (κ2) is 3.69. The number of aromatic amines is 1. The van der Waals surface area contributed by atoms with E-state index in [0.717, 1.165) is 19.4 Å². The van der Waals surface area contributed by atoms with Crippen LogP contribution in [0.25, 0.3) is 0 Å². The molecule has 2 heterocycles. The molecular formula is C10H14F2N2. The maximum atomic E-state index is 13.6. The first-order chi connectivity index (χ1) is 6.68. The van der Waals surface area contributed by atoms with E-state index in [1.54, 1.807) is 0 Å². The van der Waals surface area contributed by atoms with Crippen LogP contribution in [0, 0.1) is 0 Å². The van der Waals surface area contributed by atoms with E-state index < -0.39 is 5.92 Å². The average Bonchev–Trinajstić information content (AvgIpc) is 2.71. The predicted molar refractivity (Wildman–Crippen MR) is 50.3 cm³/mol. The Bertz CT molecular complexity index is 276. The Labute approximate surface area is 81.7 Å². The number of halogens is 2. The van der Waals surface area contributed by atoms with Gasteiger partial charge in [0, 0.05) is 30.4 Å². The van der Waals surface area contributed by atoms with Crippen LogP contribution in [-0.2, 0) is 5.92 Å². The molecule has 0 aliphatic carbocycles. The molecule has 2 nitrogen and oxygen atoms in total.